The molecular weight excluding hydrogens is 228 g/mol. The molecule has 5 heteroatoms. The summed E-state index contributed by atoms with van der Waals surface area (Å²) in [5.74, 6) is -0.157. The van der Waals surface area contributed by atoms with Crippen LogP contribution in [0.25, 0.3) is 10.9 Å². The van der Waals surface area contributed by atoms with Crippen LogP contribution < -0.4 is 5.32 Å². The molecule has 0 aliphatic rings. The summed E-state index contributed by atoms with van der Waals surface area (Å²) in [5.41, 5.74) is 1.21. The van der Waals surface area contributed by atoms with Gasteiger partial charge in [0.2, 0.25) is 0 Å². The molecule has 1 aromatic carbocycles. The largest absolute Gasteiger partial charge is 0.349 e. The molecule has 0 fully saturated rings. The topological polar surface area (TPSA) is 58.1 Å². The Morgan fingerprint density at radius 3 is 2.83 bits per heavy atom. The molecule has 0 aliphatic heterocycles. The highest BCUT2D eigenvalue weighted by molar-refractivity contribution is 6.04. The summed E-state index contributed by atoms with van der Waals surface area (Å²) in [5, 5.41) is 3.63. The van der Waals surface area contributed by atoms with Crippen LogP contribution in [0.2, 0.25) is 0 Å². The third-order valence-electron chi connectivity index (χ3n) is 2.60. The number of aromatic nitrogens is 2. The predicted octanol–water partition coefficient (Wildman–Crippen LogP) is 0.921. The predicted molar refractivity (Wildman–Crippen MR) is 70.4 cm³/mol. The third-order valence-corrected chi connectivity index (χ3v) is 2.60. The zero-order chi connectivity index (χ0) is 13.0. The highest BCUT2D eigenvalue weighted by Crippen LogP contribution is 2.13. The molecular formula is C13H16N4O. The van der Waals surface area contributed by atoms with Gasteiger partial charge in [-0.05, 0) is 20.2 Å². The number of amides is 1. The average molecular weight is 244 g/mol. The average Bonchev–Trinajstić information content (AvgIpc) is 2.37. The van der Waals surface area contributed by atoms with Gasteiger partial charge in [0.25, 0.3) is 5.91 Å². The molecule has 1 aromatic heterocycles. The van der Waals surface area contributed by atoms with Crippen molar-refractivity contribution in [2.75, 3.05) is 27.2 Å². The number of nitrogens with zero attached hydrogens (tertiary/aromatic N) is 3. The minimum Gasteiger partial charge on any atom is -0.349 e. The number of fused-ring (bicyclic) bond motifs is 1. The van der Waals surface area contributed by atoms with E-state index in [0.717, 1.165) is 17.4 Å². The van der Waals surface area contributed by atoms with Crippen LogP contribution in [0.4, 0.5) is 0 Å². The molecule has 18 heavy (non-hydrogen) atoms. The van der Waals surface area contributed by atoms with Gasteiger partial charge in [-0.2, -0.15) is 0 Å². The van der Waals surface area contributed by atoms with E-state index in [2.05, 4.69) is 15.3 Å². The van der Waals surface area contributed by atoms with Gasteiger partial charge in [0.15, 0.2) is 0 Å². The second-order valence-corrected chi connectivity index (χ2v) is 4.30. The Hall–Kier alpha value is -2.01. The lowest BCUT2D eigenvalue weighted by Gasteiger charge is -2.10. The van der Waals surface area contributed by atoms with Crippen LogP contribution in [0.1, 0.15) is 10.5 Å². The van der Waals surface area contributed by atoms with Crippen molar-refractivity contribution in [1.82, 2.24) is 20.2 Å². The molecule has 1 N–H and O–H groups in total. The summed E-state index contributed by atoms with van der Waals surface area (Å²) in [6.07, 6.45) is 1.42. The van der Waals surface area contributed by atoms with Crippen molar-refractivity contribution in [3.63, 3.8) is 0 Å². The first kappa shape index (κ1) is 12.4. The molecule has 5 nitrogen and oxygen atoms in total. The molecule has 0 radical (unpaired) electrons. The van der Waals surface area contributed by atoms with Crippen molar-refractivity contribution in [1.29, 1.82) is 0 Å². The number of rotatable bonds is 4. The minimum absolute atomic E-state index is 0.157. The van der Waals surface area contributed by atoms with Gasteiger partial charge in [0, 0.05) is 18.5 Å². The molecule has 0 saturated carbocycles. The van der Waals surface area contributed by atoms with Gasteiger partial charge in [-0.3, -0.25) is 4.79 Å². The van der Waals surface area contributed by atoms with Crippen LogP contribution in [-0.2, 0) is 0 Å². The van der Waals surface area contributed by atoms with Crippen molar-refractivity contribution < 1.29 is 4.79 Å². The number of benzene rings is 1. The molecule has 0 saturated heterocycles. The Morgan fingerprint density at radius 2 is 2.06 bits per heavy atom. The molecule has 0 atom stereocenters. The lowest BCUT2D eigenvalue weighted by molar-refractivity contribution is 0.0948. The number of para-hydroxylation sites is 1. The Labute approximate surface area is 106 Å². The van der Waals surface area contributed by atoms with Crippen molar-refractivity contribution in [3.05, 3.63) is 36.3 Å². The molecule has 94 valence electrons. The monoisotopic (exact) mass is 244 g/mol. The summed E-state index contributed by atoms with van der Waals surface area (Å²) < 4.78 is 0. The second-order valence-electron chi connectivity index (χ2n) is 4.30. The SMILES string of the molecule is CN(C)CCNC(=O)c1ncnc2ccccc12. The molecule has 1 heterocycles. The Kier molecular flexibility index (Phi) is 3.84. The van der Waals surface area contributed by atoms with E-state index in [9.17, 15) is 4.79 Å². The first-order valence-electron chi connectivity index (χ1n) is 5.81. The summed E-state index contributed by atoms with van der Waals surface area (Å²) in [6.45, 7) is 1.40. The summed E-state index contributed by atoms with van der Waals surface area (Å²) in [6, 6.07) is 7.50. The number of carbonyl (C=O) groups is 1. The molecule has 2 aromatic rings. The van der Waals surface area contributed by atoms with E-state index in [4.69, 9.17) is 0 Å². The lowest BCUT2D eigenvalue weighted by Crippen LogP contribution is -2.31. The number of hydrogen-bond acceptors (Lipinski definition) is 4. The van der Waals surface area contributed by atoms with Gasteiger partial charge in [0.05, 0.1) is 5.52 Å². The molecule has 0 aliphatic carbocycles. The van der Waals surface area contributed by atoms with E-state index in [1.165, 1.54) is 6.33 Å². The molecule has 0 unspecified atom stereocenters. The maximum Gasteiger partial charge on any atom is 0.270 e. The maximum absolute atomic E-state index is 12.0. The Balaban J connectivity index is 2.17. The van der Waals surface area contributed by atoms with Gasteiger partial charge in [-0.1, -0.05) is 18.2 Å². The van der Waals surface area contributed by atoms with Crippen LogP contribution in [0.15, 0.2) is 30.6 Å². The van der Waals surface area contributed by atoms with Crippen LogP contribution in [0.3, 0.4) is 0 Å². The van der Waals surface area contributed by atoms with E-state index in [1.807, 2.05) is 43.3 Å². The normalized spacial score (nSPS) is 10.8. The number of hydrogen-bond donors (Lipinski definition) is 1. The number of nitrogens with one attached hydrogen (secondary N) is 1. The smallest absolute Gasteiger partial charge is 0.270 e. The van der Waals surface area contributed by atoms with Crippen LogP contribution in [-0.4, -0.2) is 48.0 Å². The van der Waals surface area contributed by atoms with Crippen molar-refractivity contribution >= 4 is 16.8 Å². The van der Waals surface area contributed by atoms with E-state index < -0.39 is 0 Å². The van der Waals surface area contributed by atoms with Crippen LogP contribution >= 0.6 is 0 Å². The standard InChI is InChI=1S/C13H16N4O/c1-17(2)8-7-14-13(18)12-10-5-3-4-6-11(10)15-9-16-12/h3-6,9H,7-8H2,1-2H3,(H,14,18). The quantitative estimate of drug-likeness (QED) is 0.869. The van der Waals surface area contributed by atoms with Crippen molar-refractivity contribution in [3.8, 4) is 0 Å². The van der Waals surface area contributed by atoms with Gasteiger partial charge in [-0.25, -0.2) is 9.97 Å². The Bertz CT molecular complexity index is 548. The highest BCUT2D eigenvalue weighted by Gasteiger charge is 2.11. The first-order valence-corrected chi connectivity index (χ1v) is 5.81. The van der Waals surface area contributed by atoms with Crippen molar-refractivity contribution in [2.45, 2.75) is 0 Å². The van der Waals surface area contributed by atoms with E-state index >= 15 is 0 Å². The van der Waals surface area contributed by atoms with E-state index in [0.29, 0.717) is 12.2 Å². The fraction of sp³-hybridized carbons (Fsp3) is 0.308. The van der Waals surface area contributed by atoms with Crippen LogP contribution in [0, 0.1) is 0 Å². The van der Waals surface area contributed by atoms with Crippen molar-refractivity contribution in [2.24, 2.45) is 0 Å². The first-order chi connectivity index (χ1) is 8.68. The summed E-state index contributed by atoms with van der Waals surface area (Å²) >= 11 is 0. The highest BCUT2D eigenvalue weighted by atomic mass is 16.1. The lowest BCUT2D eigenvalue weighted by atomic mass is 10.2. The molecule has 0 bridgehead atoms. The van der Waals surface area contributed by atoms with E-state index in [1.54, 1.807) is 0 Å². The fourth-order valence-corrected chi connectivity index (χ4v) is 1.66. The fourth-order valence-electron chi connectivity index (χ4n) is 1.66. The molecule has 1 amide bonds. The van der Waals surface area contributed by atoms with Gasteiger partial charge in [0.1, 0.15) is 12.0 Å². The van der Waals surface area contributed by atoms with E-state index in [-0.39, 0.29) is 5.91 Å². The Morgan fingerprint density at radius 1 is 1.28 bits per heavy atom. The maximum atomic E-state index is 12.0. The third kappa shape index (κ3) is 2.81. The molecule has 2 rings (SSSR count). The zero-order valence-electron chi connectivity index (χ0n) is 10.6. The van der Waals surface area contributed by atoms with Crippen LogP contribution in [0.5, 0.6) is 0 Å². The zero-order valence-corrected chi connectivity index (χ0v) is 10.6. The number of likely N-dealkylation sites (N-methyl/N-ethyl adjacent to an activating group) is 1. The number of carbonyl (C=O) groups excluding carboxylic acids is 1. The molecule has 0 spiro atoms. The minimum atomic E-state index is -0.157. The summed E-state index contributed by atoms with van der Waals surface area (Å²) in [4.78, 5) is 22.2. The van der Waals surface area contributed by atoms with Gasteiger partial charge < -0.3 is 10.2 Å². The summed E-state index contributed by atoms with van der Waals surface area (Å²) in [7, 11) is 3.93. The van der Waals surface area contributed by atoms with Gasteiger partial charge in [-0.15, -0.1) is 0 Å². The second kappa shape index (κ2) is 5.55. The van der Waals surface area contributed by atoms with Gasteiger partial charge >= 0.3 is 0 Å².